The maximum Gasteiger partial charge on any atom is 0.159 e. The highest BCUT2D eigenvalue weighted by molar-refractivity contribution is 8.13. The summed E-state index contributed by atoms with van der Waals surface area (Å²) in [6.45, 7) is 3.16. The van der Waals surface area contributed by atoms with E-state index >= 15 is 0 Å². The van der Waals surface area contributed by atoms with Crippen molar-refractivity contribution in [3.8, 4) is 17.2 Å². The lowest BCUT2D eigenvalue weighted by Gasteiger charge is -2.07. The Balaban J connectivity index is 1.75. The molecule has 0 radical (unpaired) electrons. The van der Waals surface area contributed by atoms with Gasteiger partial charge in [0.25, 0.3) is 0 Å². The maximum absolute atomic E-state index is 5.93. The van der Waals surface area contributed by atoms with Gasteiger partial charge in [-0.25, -0.2) is 4.99 Å². The van der Waals surface area contributed by atoms with Crippen molar-refractivity contribution < 1.29 is 14.2 Å². The number of hydrogen-bond donors (Lipinski definition) is 1. The van der Waals surface area contributed by atoms with Gasteiger partial charge in [-0.05, 0) is 43.3 Å². The van der Waals surface area contributed by atoms with Crippen molar-refractivity contribution in [3.05, 3.63) is 48.5 Å². The molecule has 2 N–H and O–H groups in total. The number of ether oxygens (including phenoxy) is 3. The molecule has 0 spiro atoms. The van der Waals surface area contributed by atoms with Crippen molar-refractivity contribution >= 4 is 22.6 Å². The number of nitrogens with zero attached hydrogens (tertiary/aromatic N) is 1. The second-order valence-corrected chi connectivity index (χ2v) is 5.87. The summed E-state index contributed by atoms with van der Waals surface area (Å²) in [5.41, 5.74) is 6.70. The van der Waals surface area contributed by atoms with Crippen LogP contribution in [0.5, 0.6) is 17.2 Å². The lowest BCUT2D eigenvalue weighted by Crippen LogP contribution is -2.10. The van der Waals surface area contributed by atoms with Crippen LogP contribution in [-0.4, -0.2) is 31.2 Å². The molecule has 128 valence electrons. The van der Waals surface area contributed by atoms with Gasteiger partial charge in [-0.3, -0.25) is 0 Å². The highest BCUT2D eigenvalue weighted by Crippen LogP contribution is 2.21. The molecule has 0 bridgehead atoms. The molecule has 0 heterocycles. The third kappa shape index (κ3) is 6.04. The van der Waals surface area contributed by atoms with E-state index in [1.54, 1.807) is 7.11 Å². The van der Waals surface area contributed by atoms with Gasteiger partial charge < -0.3 is 19.9 Å². The van der Waals surface area contributed by atoms with E-state index in [-0.39, 0.29) is 0 Å². The zero-order valence-corrected chi connectivity index (χ0v) is 14.7. The number of rotatable bonds is 8. The molecule has 2 aromatic carbocycles. The first-order valence-corrected chi connectivity index (χ1v) is 8.66. The van der Waals surface area contributed by atoms with Gasteiger partial charge in [0.2, 0.25) is 0 Å². The molecule has 0 saturated carbocycles. The van der Waals surface area contributed by atoms with E-state index in [2.05, 4.69) is 4.99 Å². The number of aliphatic imine (C=N–C) groups is 1. The van der Waals surface area contributed by atoms with E-state index < -0.39 is 0 Å². The molecule has 5 nitrogen and oxygen atoms in total. The van der Waals surface area contributed by atoms with E-state index in [9.17, 15) is 0 Å². The molecule has 0 aliphatic rings. The molecule has 0 aliphatic heterocycles. The lowest BCUT2D eigenvalue weighted by atomic mass is 10.3. The van der Waals surface area contributed by atoms with Gasteiger partial charge in [0.05, 0.1) is 26.0 Å². The normalized spacial score (nSPS) is 11.2. The molecule has 0 fully saturated rings. The number of thioether (sulfide) groups is 1. The molecular formula is C18H22N2O3S. The number of benzene rings is 2. The molecule has 24 heavy (non-hydrogen) atoms. The fourth-order valence-electron chi connectivity index (χ4n) is 1.94. The summed E-state index contributed by atoms with van der Waals surface area (Å²) in [5.74, 6) is 3.12. The standard InChI is InChI=1S/C18H22N2O3S/c1-3-22-15-7-9-16(10-8-15)23-11-12-24-18(19)20-14-5-4-6-17(13-14)21-2/h4-10,13H,3,11-12H2,1-2H3,(H2,19,20). The number of hydrogen-bond acceptors (Lipinski definition) is 5. The molecule has 0 saturated heterocycles. The minimum atomic E-state index is 0.499. The first-order chi connectivity index (χ1) is 11.7. The van der Waals surface area contributed by atoms with Gasteiger partial charge in [-0.15, -0.1) is 0 Å². The zero-order chi connectivity index (χ0) is 17.2. The number of nitrogens with two attached hydrogens (primary N) is 1. The first-order valence-electron chi connectivity index (χ1n) is 7.68. The molecule has 0 atom stereocenters. The van der Waals surface area contributed by atoms with Crippen LogP contribution in [0.2, 0.25) is 0 Å². The summed E-state index contributed by atoms with van der Waals surface area (Å²) in [6.07, 6.45) is 0. The Morgan fingerprint density at radius 3 is 2.42 bits per heavy atom. The predicted octanol–water partition coefficient (Wildman–Crippen LogP) is 3.85. The van der Waals surface area contributed by atoms with Crippen molar-refractivity contribution in [2.24, 2.45) is 10.7 Å². The van der Waals surface area contributed by atoms with Crippen LogP contribution in [0.15, 0.2) is 53.5 Å². The van der Waals surface area contributed by atoms with Crippen molar-refractivity contribution in [2.75, 3.05) is 26.1 Å². The highest BCUT2D eigenvalue weighted by Gasteiger charge is 1.99. The third-order valence-electron chi connectivity index (χ3n) is 3.03. The van der Waals surface area contributed by atoms with Crippen LogP contribution in [-0.2, 0) is 0 Å². The Morgan fingerprint density at radius 2 is 1.75 bits per heavy atom. The van der Waals surface area contributed by atoms with Crippen LogP contribution in [0, 0.1) is 0 Å². The van der Waals surface area contributed by atoms with Crippen LogP contribution in [0.4, 0.5) is 5.69 Å². The van der Waals surface area contributed by atoms with Gasteiger partial charge in [-0.1, -0.05) is 17.8 Å². The molecule has 2 aromatic rings. The minimum Gasteiger partial charge on any atom is -0.497 e. The van der Waals surface area contributed by atoms with Gasteiger partial charge in [0.15, 0.2) is 5.17 Å². The summed E-state index contributed by atoms with van der Waals surface area (Å²) in [6, 6.07) is 15.0. The van der Waals surface area contributed by atoms with Crippen molar-refractivity contribution in [2.45, 2.75) is 6.92 Å². The van der Waals surface area contributed by atoms with Crippen molar-refractivity contribution in [3.63, 3.8) is 0 Å². The van der Waals surface area contributed by atoms with E-state index in [1.807, 2.05) is 55.5 Å². The Kier molecular flexibility index (Phi) is 7.29. The summed E-state index contributed by atoms with van der Waals surface area (Å²) in [4.78, 5) is 4.35. The van der Waals surface area contributed by atoms with Gasteiger partial charge >= 0.3 is 0 Å². The average Bonchev–Trinajstić information content (AvgIpc) is 2.60. The molecular weight excluding hydrogens is 324 g/mol. The van der Waals surface area contributed by atoms with Crippen molar-refractivity contribution in [1.82, 2.24) is 0 Å². The SMILES string of the molecule is CCOc1ccc(OCCSC(N)=Nc2cccc(OC)c2)cc1. The van der Waals surface area contributed by atoms with Gasteiger partial charge in [-0.2, -0.15) is 0 Å². The first kappa shape index (κ1) is 18.0. The van der Waals surface area contributed by atoms with Gasteiger partial charge in [0.1, 0.15) is 17.2 Å². The van der Waals surface area contributed by atoms with Crippen molar-refractivity contribution in [1.29, 1.82) is 0 Å². The van der Waals surface area contributed by atoms with Gasteiger partial charge in [0, 0.05) is 11.8 Å². The fourth-order valence-corrected chi connectivity index (χ4v) is 2.49. The Morgan fingerprint density at radius 1 is 1.04 bits per heavy atom. The smallest absolute Gasteiger partial charge is 0.159 e. The van der Waals surface area contributed by atoms with E-state index in [4.69, 9.17) is 19.9 Å². The fraction of sp³-hybridized carbons (Fsp3) is 0.278. The second kappa shape index (κ2) is 9.72. The third-order valence-corrected chi connectivity index (χ3v) is 3.79. The predicted molar refractivity (Wildman–Crippen MR) is 99.8 cm³/mol. The van der Waals surface area contributed by atoms with Crippen LogP contribution in [0.25, 0.3) is 0 Å². The van der Waals surface area contributed by atoms with Crippen LogP contribution in [0.1, 0.15) is 6.92 Å². The van der Waals surface area contributed by atoms with Crippen LogP contribution >= 0.6 is 11.8 Å². The topological polar surface area (TPSA) is 66.1 Å². The summed E-state index contributed by atoms with van der Waals surface area (Å²) in [7, 11) is 1.62. The largest absolute Gasteiger partial charge is 0.497 e. The number of methoxy groups -OCH3 is 1. The highest BCUT2D eigenvalue weighted by atomic mass is 32.2. The lowest BCUT2D eigenvalue weighted by molar-refractivity contribution is 0.332. The van der Waals surface area contributed by atoms with E-state index in [0.29, 0.717) is 24.1 Å². The second-order valence-electron chi connectivity index (χ2n) is 4.75. The van der Waals surface area contributed by atoms with E-state index in [0.717, 1.165) is 22.9 Å². The monoisotopic (exact) mass is 346 g/mol. The average molecular weight is 346 g/mol. The zero-order valence-electron chi connectivity index (χ0n) is 13.9. The Hall–Kier alpha value is -2.34. The summed E-state index contributed by atoms with van der Waals surface area (Å²) >= 11 is 1.45. The summed E-state index contributed by atoms with van der Waals surface area (Å²) in [5, 5.41) is 0.499. The Bertz CT molecular complexity index is 660. The number of amidine groups is 1. The van der Waals surface area contributed by atoms with Crippen LogP contribution < -0.4 is 19.9 Å². The quantitative estimate of drug-likeness (QED) is 0.447. The minimum absolute atomic E-state index is 0.499. The van der Waals surface area contributed by atoms with Crippen LogP contribution in [0.3, 0.4) is 0 Å². The summed E-state index contributed by atoms with van der Waals surface area (Å²) < 4.78 is 16.2. The molecule has 0 amide bonds. The maximum atomic E-state index is 5.93. The molecule has 0 unspecified atom stereocenters. The molecule has 6 heteroatoms. The molecule has 0 aliphatic carbocycles. The Labute approximate surface area is 146 Å². The molecule has 0 aromatic heterocycles. The van der Waals surface area contributed by atoms with E-state index in [1.165, 1.54) is 11.8 Å². The molecule has 2 rings (SSSR count).